The van der Waals surface area contributed by atoms with Crippen LogP contribution in [0.3, 0.4) is 0 Å². The average molecular weight is 214 g/mol. The van der Waals surface area contributed by atoms with E-state index in [0.29, 0.717) is 18.8 Å². The summed E-state index contributed by atoms with van der Waals surface area (Å²) in [6.45, 7) is 1.16. The molecule has 0 amide bonds. The van der Waals surface area contributed by atoms with Crippen LogP contribution >= 0.6 is 0 Å². The van der Waals surface area contributed by atoms with Crippen molar-refractivity contribution in [1.82, 2.24) is 0 Å². The molecule has 3 rings (SSSR count). The Balaban J connectivity index is 2.28. The van der Waals surface area contributed by atoms with Crippen molar-refractivity contribution >= 4 is 17.1 Å². The van der Waals surface area contributed by atoms with E-state index in [4.69, 9.17) is 9.47 Å². The lowest BCUT2D eigenvalue weighted by molar-refractivity contribution is 0.112. The van der Waals surface area contributed by atoms with Gasteiger partial charge < -0.3 is 9.47 Å². The Morgan fingerprint density at radius 2 is 1.94 bits per heavy atom. The van der Waals surface area contributed by atoms with Gasteiger partial charge in [-0.1, -0.05) is 12.1 Å². The lowest BCUT2D eigenvalue weighted by Crippen LogP contribution is -2.15. The summed E-state index contributed by atoms with van der Waals surface area (Å²) >= 11 is 0. The number of fused-ring (bicyclic) bond motifs is 3. The van der Waals surface area contributed by atoms with Gasteiger partial charge in [-0.15, -0.1) is 0 Å². The molecule has 2 aromatic carbocycles. The zero-order valence-electron chi connectivity index (χ0n) is 8.60. The number of rotatable bonds is 1. The fraction of sp³-hybridized carbons (Fsp3) is 0.154. The summed E-state index contributed by atoms with van der Waals surface area (Å²) in [5.74, 6) is 1.55. The Hall–Kier alpha value is -2.03. The Labute approximate surface area is 92.6 Å². The Morgan fingerprint density at radius 3 is 2.81 bits per heavy atom. The van der Waals surface area contributed by atoms with E-state index in [1.165, 1.54) is 0 Å². The van der Waals surface area contributed by atoms with Crippen LogP contribution in [0.5, 0.6) is 11.5 Å². The van der Waals surface area contributed by atoms with E-state index in [1.807, 2.05) is 24.3 Å². The number of benzene rings is 2. The molecule has 3 heteroatoms. The fourth-order valence-corrected chi connectivity index (χ4v) is 1.93. The minimum Gasteiger partial charge on any atom is -0.486 e. The maximum Gasteiger partial charge on any atom is 0.169 e. The SMILES string of the molecule is O=Cc1ccc2c3c(ccc2c1)OCCO3. The molecule has 0 unspecified atom stereocenters. The van der Waals surface area contributed by atoms with Gasteiger partial charge in [0.05, 0.1) is 0 Å². The molecule has 16 heavy (non-hydrogen) atoms. The molecule has 0 bridgehead atoms. The summed E-state index contributed by atoms with van der Waals surface area (Å²) < 4.78 is 11.1. The van der Waals surface area contributed by atoms with Crippen LogP contribution < -0.4 is 9.47 Å². The third-order valence-electron chi connectivity index (χ3n) is 2.68. The minimum absolute atomic E-state index is 0.571. The van der Waals surface area contributed by atoms with Crippen molar-refractivity contribution in [3.05, 3.63) is 35.9 Å². The van der Waals surface area contributed by atoms with E-state index in [1.54, 1.807) is 6.07 Å². The van der Waals surface area contributed by atoms with Crippen molar-refractivity contribution in [2.75, 3.05) is 13.2 Å². The largest absolute Gasteiger partial charge is 0.486 e. The van der Waals surface area contributed by atoms with Gasteiger partial charge in [0.25, 0.3) is 0 Å². The summed E-state index contributed by atoms with van der Waals surface area (Å²) in [5.41, 5.74) is 0.671. The Morgan fingerprint density at radius 1 is 1.06 bits per heavy atom. The molecule has 1 heterocycles. The highest BCUT2D eigenvalue weighted by Crippen LogP contribution is 2.37. The molecule has 0 fully saturated rings. The van der Waals surface area contributed by atoms with Gasteiger partial charge in [-0.2, -0.15) is 0 Å². The summed E-state index contributed by atoms with van der Waals surface area (Å²) in [4.78, 5) is 10.7. The molecule has 0 spiro atoms. The quantitative estimate of drug-likeness (QED) is 0.684. The second-order valence-corrected chi connectivity index (χ2v) is 3.69. The lowest BCUT2D eigenvalue weighted by Gasteiger charge is -2.19. The van der Waals surface area contributed by atoms with Crippen molar-refractivity contribution in [2.45, 2.75) is 0 Å². The smallest absolute Gasteiger partial charge is 0.169 e. The Bertz CT molecular complexity index is 560. The third kappa shape index (κ3) is 1.33. The highest BCUT2D eigenvalue weighted by Gasteiger charge is 2.14. The molecule has 0 saturated heterocycles. The standard InChI is InChI=1S/C13H10O3/c14-8-9-1-3-11-10(7-9)2-4-12-13(11)16-6-5-15-12/h1-4,7-8H,5-6H2. The highest BCUT2D eigenvalue weighted by molar-refractivity contribution is 5.94. The molecule has 1 aliphatic rings. The first kappa shape index (κ1) is 9.21. The summed E-state index contributed by atoms with van der Waals surface area (Å²) in [7, 11) is 0. The van der Waals surface area contributed by atoms with Crippen LogP contribution in [0.4, 0.5) is 0 Å². The van der Waals surface area contributed by atoms with Gasteiger partial charge in [0.15, 0.2) is 11.5 Å². The minimum atomic E-state index is 0.571. The van der Waals surface area contributed by atoms with Gasteiger partial charge in [-0.3, -0.25) is 4.79 Å². The van der Waals surface area contributed by atoms with Crippen molar-refractivity contribution in [3.63, 3.8) is 0 Å². The monoisotopic (exact) mass is 214 g/mol. The molecule has 3 nitrogen and oxygen atoms in total. The molecule has 0 radical (unpaired) electrons. The summed E-state index contributed by atoms with van der Waals surface area (Å²) in [6, 6.07) is 9.35. The van der Waals surface area contributed by atoms with Crippen molar-refractivity contribution < 1.29 is 14.3 Å². The van der Waals surface area contributed by atoms with Crippen molar-refractivity contribution in [2.24, 2.45) is 0 Å². The lowest BCUT2D eigenvalue weighted by atomic mass is 10.1. The second kappa shape index (κ2) is 3.52. The first-order valence-electron chi connectivity index (χ1n) is 5.16. The topological polar surface area (TPSA) is 35.5 Å². The number of aldehydes is 1. The second-order valence-electron chi connectivity index (χ2n) is 3.69. The molecule has 0 aliphatic carbocycles. The van der Waals surface area contributed by atoms with Gasteiger partial charge in [-0.25, -0.2) is 0 Å². The highest BCUT2D eigenvalue weighted by atomic mass is 16.6. The number of carbonyl (C=O) groups is 1. The number of carbonyl (C=O) groups excluding carboxylic acids is 1. The van der Waals surface area contributed by atoms with Crippen LogP contribution in [0.1, 0.15) is 10.4 Å². The van der Waals surface area contributed by atoms with E-state index in [2.05, 4.69) is 0 Å². The number of hydrogen-bond acceptors (Lipinski definition) is 3. The number of ether oxygens (including phenoxy) is 2. The van der Waals surface area contributed by atoms with Gasteiger partial charge in [-0.05, 0) is 23.6 Å². The molecule has 0 aromatic heterocycles. The van der Waals surface area contributed by atoms with Gasteiger partial charge in [0.2, 0.25) is 0 Å². The number of hydrogen-bond donors (Lipinski definition) is 0. The summed E-state index contributed by atoms with van der Waals surface area (Å²) in [6.07, 6.45) is 0.843. The molecular weight excluding hydrogens is 204 g/mol. The first-order valence-corrected chi connectivity index (χ1v) is 5.16. The molecule has 0 atom stereocenters. The van der Waals surface area contributed by atoms with E-state index in [0.717, 1.165) is 28.6 Å². The van der Waals surface area contributed by atoms with E-state index in [-0.39, 0.29) is 0 Å². The molecule has 1 aliphatic heterocycles. The van der Waals surface area contributed by atoms with E-state index in [9.17, 15) is 4.79 Å². The van der Waals surface area contributed by atoms with Crippen molar-refractivity contribution in [1.29, 1.82) is 0 Å². The van der Waals surface area contributed by atoms with Crippen LogP contribution in [0.25, 0.3) is 10.8 Å². The predicted octanol–water partition coefficient (Wildman–Crippen LogP) is 2.42. The first-order chi connectivity index (χ1) is 7.88. The zero-order valence-corrected chi connectivity index (χ0v) is 8.60. The van der Waals surface area contributed by atoms with Crippen LogP contribution in [0.15, 0.2) is 30.3 Å². The van der Waals surface area contributed by atoms with Crippen LogP contribution in [0.2, 0.25) is 0 Å². The van der Waals surface area contributed by atoms with Crippen molar-refractivity contribution in [3.8, 4) is 11.5 Å². The van der Waals surface area contributed by atoms with E-state index >= 15 is 0 Å². The molecular formula is C13H10O3. The van der Waals surface area contributed by atoms with Gasteiger partial charge in [0.1, 0.15) is 19.5 Å². The zero-order chi connectivity index (χ0) is 11.0. The van der Waals surface area contributed by atoms with Gasteiger partial charge >= 0.3 is 0 Å². The predicted molar refractivity (Wildman–Crippen MR) is 60.3 cm³/mol. The maximum absolute atomic E-state index is 10.7. The average Bonchev–Trinajstić information content (AvgIpc) is 2.38. The molecule has 2 aromatic rings. The Kier molecular flexibility index (Phi) is 2.03. The normalized spacial score (nSPS) is 13.8. The third-order valence-corrected chi connectivity index (χ3v) is 2.68. The van der Waals surface area contributed by atoms with Crippen LogP contribution in [-0.4, -0.2) is 19.5 Å². The van der Waals surface area contributed by atoms with Crippen LogP contribution in [0, 0.1) is 0 Å². The molecule has 0 N–H and O–H groups in total. The molecule has 80 valence electrons. The molecule has 0 saturated carbocycles. The fourth-order valence-electron chi connectivity index (χ4n) is 1.93. The van der Waals surface area contributed by atoms with Gasteiger partial charge in [0, 0.05) is 10.9 Å². The maximum atomic E-state index is 10.7. The summed E-state index contributed by atoms with van der Waals surface area (Å²) in [5, 5.41) is 1.98. The van der Waals surface area contributed by atoms with Crippen LogP contribution in [-0.2, 0) is 0 Å². The van der Waals surface area contributed by atoms with E-state index < -0.39 is 0 Å².